The SMILES string of the molecule is CCC[C@H](N(C)CC)N1CCN(C)C1. The Morgan fingerprint density at radius 2 is 2.00 bits per heavy atom. The van der Waals surface area contributed by atoms with Gasteiger partial charge in [0, 0.05) is 13.1 Å². The van der Waals surface area contributed by atoms with E-state index in [4.69, 9.17) is 0 Å². The quantitative estimate of drug-likeness (QED) is 0.660. The van der Waals surface area contributed by atoms with Gasteiger partial charge < -0.3 is 0 Å². The molecular weight excluding hydrogens is 174 g/mol. The van der Waals surface area contributed by atoms with Crippen LogP contribution in [0.5, 0.6) is 0 Å². The molecule has 14 heavy (non-hydrogen) atoms. The molecule has 0 bridgehead atoms. The van der Waals surface area contributed by atoms with Gasteiger partial charge in [0.1, 0.15) is 0 Å². The summed E-state index contributed by atoms with van der Waals surface area (Å²) in [6, 6.07) is 0. The van der Waals surface area contributed by atoms with Gasteiger partial charge in [0.15, 0.2) is 0 Å². The highest BCUT2D eigenvalue weighted by Gasteiger charge is 2.25. The Kier molecular flexibility index (Phi) is 4.85. The van der Waals surface area contributed by atoms with Gasteiger partial charge in [0.2, 0.25) is 0 Å². The van der Waals surface area contributed by atoms with Gasteiger partial charge in [-0.3, -0.25) is 14.7 Å². The van der Waals surface area contributed by atoms with Gasteiger partial charge in [-0.1, -0.05) is 20.3 Å². The van der Waals surface area contributed by atoms with Gasteiger partial charge in [0.25, 0.3) is 0 Å². The summed E-state index contributed by atoms with van der Waals surface area (Å²) in [5.74, 6) is 0. The average Bonchev–Trinajstić information content (AvgIpc) is 2.60. The predicted octanol–water partition coefficient (Wildman–Crippen LogP) is 1.27. The van der Waals surface area contributed by atoms with Crippen LogP contribution in [0.1, 0.15) is 26.7 Å². The van der Waals surface area contributed by atoms with Crippen molar-refractivity contribution in [3.05, 3.63) is 0 Å². The van der Waals surface area contributed by atoms with Crippen molar-refractivity contribution in [3.63, 3.8) is 0 Å². The number of nitrogens with zero attached hydrogens (tertiary/aromatic N) is 3. The fraction of sp³-hybridized carbons (Fsp3) is 1.00. The van der Waals surface area contributed by atoms with Crippen LogP contribution in [0, 0.1) is 0 Å². The summed E-state index contributed by atoms with van der Waals surface area (Å²) in [5.41, 5.74) is 0. The summed E-state index contributed by atoms with van der Waals surface area (Å²) in [4.78, 5) is 7.45. The molecule has 3 heteroatoms. The molecule has 1 aliphatic heterocycles. The molecule has 0 aromatic heterocycles. The van der Waals surface area contributed by atoms with Crippen LogP contribution in [0.3, 0.4) is 0 Å². The van der Waals surface area contributed by atoms with Gasteiger partial charge in [-0.05, 0) is 27.1 Å². The molecule has 0 aromatic rings. The second-order valence-corrected chi connectivity index (χ2v) is 4.38. The van der Waals surface area contributed by atoms with E-state index < -0.39 is 0 Å². The summed E-state index contributed by atoms with van der Waals surface area (Å²) >= 11 is 0. The molecule has 1 rings (SSSR count). The Morgan fingerprint density at radius 3 is 2.43 bits per heavy atom. The summed E-state index contributed by atoms with van der Waals surface area (Å²) in [6.45, 7) is 9.24. The Balaban J connectivity index is 2.49. The van der Waals surface area contributed by atoms with Crippen molar-refractivity contribution in [2.24, 2.45) is 0 Å². The Hall–Kier alpha value is -0.120. The number of hydrogen-bond acceptors (Lipinski definition) is 3. The monoisotopic (exact) mass is 199 g/mol. The van der Waals surface area contributed by atoms with Crippen molar-refractivity contribution in [2.45, 2.75) is 32.9 Å². The maximum absolute atomic E-state index is 2.59. The van der Waals surface area contributed by atoms with Crippen molar-refractivity contribution in [3.8, 4) is 0 Å². The maximum Gasteiger partial charge on any atom is 0.0631 e. The summed E-state index contributed by atoms with van der Waals surface area (Å²) in [5, 5.41) is 0. The molecule has 1 atom stereocenters. The zero-order valence-electron chi connectivity index (χ0n) is 10.2. The molecule has 0 amide bonds. The smallest absolute Gasteiger partial charge is 0.0631 e. The first kappa shape index (κ1) is 12.0. The molecule has 1 aliphatic rings. The van der Waals surface area contributed by atoms with E-state index in [0.29, 0.717) is 6.17 Å². The number of likely N-dealkylation sites (N-methyl/N-ethyl adjacent to an activating group) is 1. The lowest BCUT2D eigenvalue weighted by Gasteiger charge is -2.34. The first-order valence-corrected chi connectivity index (χ1v) is 5.81. The molecule has 1 saturated heterocycles. The molecule has 0 N–H and O–H groups in total. The third-order valence-corrected chi connectivity index (χ3v) is 3.17. The van der Waals surface area contributed by atoms with Crippen LogP contribution in [-0.2, 0) is 0 Å². The molecule has 1 heterocycles. The fourth-order valence-electron chi connectivity index (χ4n) is 2.14. The van der Waals surface area contributed by atoms with Crippen molar-refractivity contribution in [1.29, 1.82) is 0 Å². The van der Waals surface area contributed by atoms with E-state index in [9.17, 15) is 0 Å². The largest absolute Gasteiger partial charge is 0.292 e. The molecular formula is C11H25N3. The lowest BCUT2D eigenvalue weighted by atomic mass is 10.2. The zero-order valence-corrected chi connectivity index (χ0v) is 10.2. The van der Waals surface area contributed by atoms with Gasteiger partial charge >= 0.3 is 0 Å². The number of rotatable bonds is 5. The second-order valence-electron chi connectivity index (χ2n) is 4.38. The molecule has 0 radical (unpaired) electrons. The van der Waals surface area contributed by atoms with E-state index in [1.165, 1.54) is 25.9 Å². The van der Waals surface area contributed by atoms with Crippen molar-refractivity contribution >= 4 is 0 Å². The van der Waals surface area contributed by atoms with Crippen molar-refractivity contribution in [2.75, 3.05) is 40.4 Å². The van der Waals surface area contributed by atoms with Crippen LogP contribution in [-0.4, -0.2) is 61.3 Å². The first-order chi connectivity index (χ1) is 6.69. The van der Waals surface area contributed by atoms with E-state index in [2.05, 4.69) is 42.6 Å². The van der Waals surface area contributed by atoms with Crippen molar-refractivity contribution < 1.29 is 0 Å². The van der Waals surface area contributed by atoms with E-state index >= 15 is 0 Å². The normalized spacial score (nSPS) is 22.1. The van der Waals surface area contributed by atoms with E-state index in [0.717, 1.165) is 13.2 Å². The predicted molar refractivity (Wildman–Crippen MR) is 61.2 cm³/mol. The Bertz CT molecular complexity index is 161. The third kappa shape index (κ3) is 2.94. The molecule has 84 valence electrons. The number of hydrogen-bond donors (Lipinski definition) is 0. The minimum atomic E-state index is 0.648. The van der Waals surface area contributed by atoms with E-state index in [-0.39, 0.29) is 0 Å². The van der Waals surface area contributed by atoms with Crippen LogP contribution < -0.4 is 0 Å². The summed E-state index contributed by atoms with van der Waals surface area (Å²) in [6.07, 6.45) is 3.21. The Labute approximate surface area is 88.7 Å². The average molecular weight is 199 g/mol. The highest BCUT2D eigenvalue weighted by Crippen LogP contribution is 2.14. The molecule has 0 saturated carbocycles. The third-order valence-electron chi connectivity index (χ3n) is 3.17. The van der Waals surface area contributed by atoms with Gasteiger partial charge in [-0.2, -0.15) is 0 Å². The standard InChI is InChI=1S/C11H25N3/c1-5-7-11(13(4)6-2)14-9-8-12(3)10-14/h11H,5-10H2,1-4H3/t11-/m1/s1. The van der Waals surface area contributed by atoms with E-state index in [1.54, 1.807) is 0 Å². The van der Waals surface area contributed by atoms with Crippen molar-refractivity contribution in [1.82, 2.24) is 14.7 Å². The summed E-state index contributed by atoms with van der Waals surface area (Å²) in [7, 11) is 4.44. The molecule has 0 spiro atoms. The van der Waals surface area contributed by atoms with Crippen LogP contribution in [0.15, 0.2) is 0 Å². The van der Waals surface area contributed by atoms with E-state index in [1.807, 2.05) is 0 Å². The molecule has 0 unspecified atom stereocenters. The molecule has 0 aliphatic carbocycles. The fourth-order valence-corrected chi connectivity index (χ4v) is 2.14. The van der Waals surface area contributed by atoms with Crippen LogP contribution in [0.25, 0.3) is 0 Å². The van der Waals surface area contributed by atoms with Crippen LogP contribution in [0.4, 0.5) is 0 Å². The first-order valence-electron chi connectivity index (χ1n) is 5.81. The lowest BCUT2D eigenvalue weighted by Crippen LogP contribution is -2.45. The second kappa shape index (κ2) is 5.69. The minimum absolute atomic E-state index is 0.648. The maximum atomic E-state index is 2.59. The Morgan fingerprint density at radius 1 is 1.29 bits per heavy atom. The zero-order chi connectivity index (χ0) is 10.6. The minimum Gasteiger partial charge on any atom is -0.292 e. The molecule has 1 fully saturated rings. The lowest BCUT2D eigenvalue weighted by molar-refractivity contribution is 0.0655. The molecule has 0 aromatic carbocycles. The summed E-state index contributed by atoms with van der Waals surface area (Å²) < 4.78 is 0. The molecule has 3 nitrogen and oxygen atoms in total. The van der Waals surface area contributed by atoms with Gasteiger partial charge in [0.05, 0.1) is 12.8 Å². The van der Waals surface area contributed by atoms with Gasteiger partial charge in [-0.25, -0.2) is 0 Å². The highest BCUT2D eigenvalue weighted by molar-refractivity contribution is 4.76. The van der Waals surface area contributed by atoms with Crippen LogP contribution >= 0.6 is 0 Å². The highest BCUT2D eigenvalue weighted by atomic mass is 15.4. The topological polar surface area (TPSA) is 9.72 Å². The van der Waals surface area contributed by atoms with Crippen LogP contribution in [0.2, 0.25) is 0 Å². The van der Waals surface area contributed by atoms with Gasteiger partial charge in [-0.15, -0.1) is 0 Å².